The van der Waals surface area contributed by atoms with Crippen molar-refractivity contribution in [2.75, 3.05) is 38.0 Å². The number of aromatic nitrogens is 1. The number of rotatable bonds is 4. The molecular formula is C23H27N3O7. The number of aromatic amines is 1. The number of carbonyl (C=O) groups is 2. The number of H-pyrrole nitrogens is 1. The highest BCUT2D eigenvalue weighted by Gasteiger charge is 2.38. The lowest BCUT2D eigenvalue weighted by Crippen LogP contribution is -2.46. The Labute approximate surface area is 190 Å². The Morgan fingerprint density at radius 1 is 1.09 bits per heavy atom. The van der Waals surface area contributed by atoms with Crippen molar-refractivity contribution in [3.63, 3.8) is 0 Å². The number of esters is 1. The maximum atomic E-state index is 13.0. The molecule has 0 radical (unpaired) electrons. The van der Waals surface area contributed by atoms with E-state index in [9.17, 15) is 14.4 Å². The van der Waals surface area contributed by atoms with Gasteiger partial charge in [-0.15, -0.1) is 0 Å². The fourth-order valence-corrected chi connectivity index (χ4v) is 4.64. The lowest BCUT2D eigenvalue weighted by molar-refractivity contribution is -0.169. The van der Waals surface area contributed by atoms with Gasteiger partial charge in [-0.25, -0.2) is 4.79 Å². The van der Waals surface area contributed by atoms with Gasteiger partial charge in [0.05, 0.1) is 43.6 Å². The average Bonchev–Trinajstić information content (AvgIpc) is 2.79. The summed E-state index contributed by atoms with van der Waals surface area (Å²) in [5.41, 5.74) is 2.22. The number of nitrogens with zero attached hydrogens (tertiary/aromatic N) is 2. The van der Waals surface area contributed by atoms with Gasteiger partial charge >= 0.3 is 11.9 Å². The molecule has 2 aromatic rings. The molecule has 33 heavy (non-hydrogen) atoms. The van der Waals surface area contributed by atoms with E-state index in [1.165, 1.54) is 5.06 Å². The molecule has 3 aliphatic heterocycles. The van der Waals surface area contributed by atoms with Gasteiger partial charge in [-0.1, -0.05) is 0 Å². The Kier molecular flexibility index (Phi) is 5.94. The Balaban J connectivity index is 1.64. The molecule has 1 aromatic carbocycles. The summed E-state index contributed by atoms with van der Waals surface area (Å²) >= 11 is 0. The first kappa shape index (κ1) is 21.7. The van der Waals surface area contributed by atoms with Crippen molar-refractivity contribution in [3.05, 3.63) is 33.6 Å². The van der Waals surface area contributed by atoms with Crippen LogP contribution in [0.15, 0.2) is 16.9 Å². The van der Waals surface area contributed by atoms with Gasteiger partial charge in [-0.3, -0.25) is 14.5 Å². The van der Waals surface area contributed by atoms with Crippen LogP contribution in [0.4, 0.5) is 5.69 Å². The lowest BCUT2D eigenvalue weighted by atomic mass is 9.98. The summed E-state index contributed by atoms with van der Waals surface area (Å²) in [5, 5.41) is 1.92. The van der Waals surface area contributed by atoms with Crippen molar-refractivity contribution in [1.29, 1.82) is 0 Å². The molecule has 4 heterocycles. The average molecular weight is 457 g/mol. The summed E-state index contributed by atoms with van der Waals surface area (Å²) in [6.07, 6.45) is -0.170. The number of morpholine rings is 1. The van der Waals surface area contributed by atoms with Crippen molar-refractivity contribution in [2.24, 2.45) is 0 Å². The molecular weight excluding hydrogens is 430 g/mol. The maximum absolute atomic E-state index is 13.0. The molecule has 3 aliphatic rings. The van der Waals surface area contributed by atoms with Gasteiger partial charge in [0.25, 0.3) is 5.56 Å². The maximum Gasteiger partial charge on any atom is 0.333 e. The van der Waals surface area contributed by atoms with Gasteiger partial charge in [0.15, 0.2) is 0 Å². The van der Waals surface area contributed by atoms with Crippen molar-refractivity contribution in [1.82, 2.24) is 9.88 Å². The second kappa shape index (κ2) is 9.03. The molecule has 0 spiro atoms. The number of anilines is 1. The van der Waals surface area contributed by atoms with Gasteiger partial charge < -0.3 is 24.0 Å². The minimum absolute atomic E-state index is 0.0265. The van der Waals surface area contributed by atoms with Gasteiger partial charge in [-0.05, 0) is 31.0 Å². The SMILES string of the molecule is CCOc1cc(CN2CCOCC2)cc2[nH]c(=O)c3c(c12)N1OC(=O)CCC(=O)OC1CC3. The van der Waals surface area contributed by atoms with Gasteiger partial charge in [-0.2, -0.15) is 5.06 Å². The molecule has 0 saturated carbocycles. The van der Waals surface area contributed by atoms with Crippen LogP contribution in [0.3, 0.4) is 0 Å². The van der Waals surface area contributed by atoms with E-state index < -0.39 is 18.2 Å². The minimum atomic E-state index is -0.790. The van der Waals surface area contributed by atoms with Gasteiger partial charge in [0, 0.05) is 31.6 Å². The lowest BCUT2D eigenvalue weighted by Gasteiger charge is -2.37. The van der Waals surface area contributed by atoms with E-state index in [4.69, 9.17) is 19.0 Å². The van der Waals surface area contributed by atoms with Gasteiger partial charge in [0.2, 0.25) is 6.23 Å². The second-order valence-electron chi connectivity index (χ2n) is 8.39. The fourth-order valence-electron chi connectivity index (χ4n) is 4.64. The third-order valence-electron chi connectivity index (χ3n) is 6.14. The van der Waals surface area contributed by atoms with E-state index in [1.807, 2.05) is 19.1 Å². The number of fused-ring (bicyclic) bond motifs is 5. The standard InChI is InChI=1S/C23H27N3O7/c1-2-31-17-12-14(13-25-7-9-30-10-8-25)11-16-21(17)22-15(23(29)24-16)3-4-18-26(22)33-20(28)6-5-19(27)32-18/h11-12,18H,2-10,13H2,1H3,(H,24,29). The first-order valence-electron chi connectivity index (χ1n) is 11.4. The molecule has 10 heteroatoms. The van der Waals surface area contributed by atoms with Crippen molar-refractivity contribution in [2.45, 2.75) is 45.4 Å². The van der Waals surface area contributed by atoms with Gasteiger partial charge in [0.1, 0.15) is 11.4 Å². The zero-order valence-corrected chi connectivity index (χ0v) is 18.6. The van der Waals surface area contributed by atoms with Crippen LogP contribution in [0, 0.1) is 0 Å². The van der Waals surface area contributed by atoms with Crippen molar-refractivity contribution < 1.29 is 28.6 Å². The summed E-state index contributed by atoms with van der Waals surface area (Å²) in [7, 11) is 0. The van der Waals surface area contributed by atoms with Crippen LogP contribution in [0.2, 0.25) is 0 Å². The summed E-state index contributed by atoms with van der Waals surface area (Å²) in [6.45, 7) is 6.05. The molecule has 0 aliphatic carbocycles. The number of hydroxylamine groups is 1. The Morgan fingerprint density at radius 3 is 2.67 bits per heavy atom. The predicted molar refractivity (Wildman–Crippen MR) is 118 cm³/mol. The molecule has 176 valence electrons. The molecule has 5 rings (SSSR count). The molecule has 1 unspecified atom stereocenters. The third-order valence-corrected chi connectivity index (χ3v) is 6.14. The highest BCUT2D eigenvalue weighted by atomic mass is 16.7. The zero-order valence-electron chi connectivity index (χ0n) is 18.6. The van der Waals surface area contributed by atoms with Crippen LogP contribution in [0.25, 0.3) is 10.9 Å². The van der Waals surface area contributed by atoms with Crippen molar-refractivity contribution in [3.8, 4) is 5.75 Å². The number of hydrogen-bond donors (Lipinski definition) is 1. The molecule has 0 amide bonds. The summed E-state index contributed by atoms with van der Waals surface area (Å²) in [5.74, 6) is -0.423. The minimum Gasteiger partial charge on any atom is -0.493 e. The number of hydrogen-bond acceptors (Lipinski definition) is 9. The van der Waals surface area contributed by atoms with E-state index in [1.54, 1.807) is 0 Å². The largest absolute Gasteiger partial charge is 0.493 e. The Hall–Kier alpha value is -3.11. The van der Waals surface area contributed by atoms with E-state index in [2.05, 4.69) is 9.88 Å². The first-order valence-corrected chi connectivity index (χ1v) is 11.4. The molecule has 2 fully saturated rings. The van der Waals surface area contributed by atoms with Crippen LogP contribution >= 0.6 is 0 Å². The summed E-state index contributed by atoms with van der Waals surface area (Å²) < 4.78 is 17.0. The predicted octanol–water partition coefficient (Wildman–Crippen LogP) is 1.63. The van der Waals surface area contributed by atoms with Crippen LogP contribution in [-0.4, -0.2) is 61.0 Å². The quantitative estimate of drug-likeness (QED) is 0.685. The topological polar surface area (TPSA) is 110 Å². The molecule has 2 saturated heterocycles. The van der Waals surface area contributed by atoms with Crippen LogP contribution in [0.5, 0.6) is 5.75 Å². The molecule has 1 aromatic heterocycles. The molecule has 10 nitrogen and oxygen atoms in total. The first-order chi connectivity index (χ1) is 16.0. The smallest absolute Gasteiger partial charge is 0.333 e. The van der Waals surface area contributed by atoms with Crippen LogP contribution in [-0.2, 0) is 36.9 Å². The fraction of sp³-hybridized carbons (Fsp3) is 0.522. The Morgan fingerprint density at radius 2 is 1.88 bits per heavy atom. The van der Waals surface area contributed by atoms with Crippen LogP contribution < -0.4 is 15.4 Å². The second-order valence-corrected chi connectivity index (χ2v) is 8.39. The Bertz CT molecular complexity index is 1140. The monoisotopic (exact) mass is 457 g/mol. The van der Waals surface area contributed by atoms with E-state index in [0.717, 1.165) is 18.7 Å². The molecule has 1 atom stereocenters. The summed E-state index contributed by atoms with van der Waals surface area (Å²) in [6, 6.07) is 3.89. The van der Waals surface area contributed by atoms with Crippen LogP contribution in [0.1, 0.15) is 37.3 Å². The number of benzene rings is 1. The highest BCUT2D eigenvalue weighted by molar-refractivity contribution is 5.99. The van der Waals surface area contributed by atoms with Crippen molar-refractivity contribution >= 4 is 28.5 Å². The molecule has 0 bridgehead atoms. The normalized spacial score (nSPS) is 21.5. The zero-order chi connectivity index (χ0) is 22.9. The number of nitrogens with one attached hydrogen (secondary N) is 1. The van der Waals surface area contributed by atoms with E-state index in [0.29, 0.717) is 67.1 Å². The third kappa shape index (κ3) is 4.28. The summed E-state index contributed by atoms with van der Waals surface area (Å²) in [4.78, 5) is 48.4. The number of ether oxygens (including phenoxy) is 3. The van der Waals surface area contributed by atoms with E-state index in [-0.39, 0.29) is 18.4 Å². The number of pyridine rings is 1. The van der Waals surface area contributed by atoms with E-state index >= 15 is 0 Å². The highest BCUT2D eigenvalue weighted by Crippen LogP contribution is 2.41. The number of carbonyl (C=O) groups excluding carboxylic acids is 2. The molecule has 1 N–H and O–H groups in total.